The highest BCUT2D eigenvalue weighted by molar-refractivity contribution is 8.13. The fraction of sp³-hybridized carbons (Fsp3) is 0.583. The molecule has 1 aromatic rings. The number of likely N-dealkylation sites (tertiary alicyclic amines) is 1. The van der Waals surface area contributed by atoms with Crippen LogP contribution in [0.4, 0.5) is 0 Å². The molecule has 0 atom stereocenters. The lowest BCUT2D eigenvalue weighted by Crippen LogP contribution is -2.41. The number of ether oxygens (including phenoxy) is 1. The molecule has 1 N–H and O–H groups in total. The molecular weight excluding hydrogens is 304 g/mol. The van der Waals surface area contributed by atoms with Crippen molar-refractivity contribution in [2.24, 2.45) is 0 Å². The van der Waals surface area contributed by atoms with Gasteiger partial charge in [-0.2, -0.15) is 0 Å². The highest BCUT2D eigenvalue weighted by atomic mass is 35.7. The maximum Gasteiger partial charge on any atom is 0.270 e. The molecule has 0 bridgehead atoms. The molecule has 8 heteroatoms. The molecule has 0 aliphatic carbocycles. The Bertz CT molecular complexity index is 576. The van der Waals surface area contributed by atoms with Crippen LogP contribution in [0.3, 0.4) is 0 Å². The number of H-pyrrole nitrogens is 1. The Balaban J connectivity index is 2.00. The Morgan fingerprint density at radius 3 is 2.65 bits per heavy atom. The van der Waals surface area contributed by atoms with Crippen LogP contribution in [0.15, 0.2) is 17.2 Å². The van der Waals surface area contributed by atoms with Crippen LogP contribution < -0.4 is 0 Å². The van der Waals surface area contributed by atoms with Crippen molar-refractivity contribution in [1.29, 1.82) is 0 Å². The summed E-state index contributed by atoms with van der Waals surface area (Å²) in [7, 11) is 1.41. The normalized spacial score (nSPS) is 17.4. The average molecular weight is 321 g/mol. The second-order valence-corrected chi connectivity index (χ2v) is 7.20. The summed E-state index contributed by atoms with van der Waals surface area (Å²) < 4.78 is 27.9. The Kier molecular flexibility index (Phi) is 4.72. The molecule has 0 spiro atoms. The van der Waals surface area contributed by atoms with Crippen molar-refractivity contribution in [1.82, 2.24) is 9.88 Å². The number of amides is 1. The van der Waals surface area contributed by atoms with Crippen molar-refractivity contribution in [3.63, 3.8) is 0 Å². The zero-order chi connectivity index (χ0) is 14.8. The van der Waals surface area contributed by atoms with E-state index in [1.54, 1.807) is 4.90 Å². The van der Waals surface area contributed by atoms with E-state index >= 15 is 0 Å². The second-order valence-electron chi connectivity index (χ2n) is 4.63. The van der Waals surface area contributed by atoms with Gasteiger partial charge in [0, 0.05) is 36.6 Å². The molecule has 0 radical (unpaired) electrons. The SMILES string of the molecule is CCOC1CCN(C(=O)c2cc(S(=O)(=O)Cl)c[nH]2)CC1. The van der Waals surface area contributed by atoms with E-state index in [4.69, 9.17) is 15.4 Å². The van der Waals surface area contributed by atoms with Crippen molar-refractivity contribution in [3.05, 3.63) is 18.0 Å². The number of hydrogen-bond donors (Lipinski definition) is 1. The minimum absolute atomic E-state index is 0.0910. The summed E-state index contributed by atoms with van der Waals surface area (Å²) in [5.41, 5.74) is 0.235. The number of aromatic nitrogens is 1. The first kappa shape index (κ1) is 15.3. The summed E-state index contributed by atoms with van der Waals surface area (Å²) in [6, 6.07) is 1.26. The number of aromatic amines is 1. The fourth-order valence-corrected chi connectivity index (χ4v) is 3.00. The monoisotopic (exact) mass is 320 g/mol. The minimum atomic E-state index is -3.81. The highest BCUT2D eigenvalue weighted by Crippen LogP contribution is 2.19. The molecule has 1 saturated heterocycles. The number of halogens is 1. The Morgan fingerprint density at radius 1 is 1.50 bits per heavy atom. The minimum Gasteiger partial charge on any atom is -0.378 e. The van der Waals surface area contributed by atoms with Crippen LogP contribution in [0.25, 0.3) is 0 Å². The van der Waals surface area contributed by atoms with E-state index in [9.17, 15) is 13.2 Å². The summed E-state index contributed by atoms with van der Waals surface area (Å²) >= 11 is 0. The number of hydrogen-bond acceptors (Lipinski definition) is 4. The van der Waals surface area contributed by atoms with Crippen molar-refractivity contribution < 1.29 is 17.9 Å². The predicted molar refractivity (Wildman–Crippen MR) is 74.4 cm³/mol. The highest BCUT2D eigenvalue weighted by Gasteiger charge is 2.25. The van der Waals surface area contributed by atoms with Crippen LogP contribution in [-0.4, -0.2) is 50.0 Å². The lowest BCUT2D eigenvalue weighted by molar-refractivity contribution is 0.0144. The van der Waals surface area contributed by atoms with Gasteiger partial charge in [0.2, 0.25) is 0 Å². The standard InChI is InChI=1S/C12H17ClN2O4S/c1-2-19-9-3-5-15(6-4-9)12(16)11-7-10(8-14-11)20(13,17)18/h7-9,14H,2-6H2,1H3. The van der Waals surface area contributed by atoms with Gasteiger partial charge in [-0.25, -0.2) is 8.42 Å². The second kappa shape index (κ2) is 6.15. The lowest BCUT2D eigenvalue weighted by Gasteiger charge is -2.31. The summed E-state index contributed by atoms with van der Waals surface area (Å²) in [4.78, 5) is 16.5. The zero-order valence-electron chi connectivity index (χ0n) is 11.1. The van der Waals surface area contributed by atoms with Crippen molar-refractivity contribution in [2.45, 2.75) is 30.8 Å². The first-order valence-corrected chi connectivity index (χ1v) is 8.76. The average Bonchev–Trinajstić information content (AvgIpc) is 2.89. The lowest BCUT2D eigenvalue weighted by atomic mass is 10.1. The molecule has 2 heterocycles. The predicted octanol–water partition coefficient (Wildman–Crippen LogP) is 1.58. The van der Waals surface area contributed by atoms with Gasteiger partial charge in [-0.05, 0) is 25.8 Å². The maximum atomic E-state index is 12.2. The third kappa shape index (κ3) is 3.53. The summed E-state index contributed by atoms with van der Waals surface area (Å²) in [6.07, 6.45) is 3.01. The van der Waals surface area contributed by atoms with E-state index in [-0.39, 0.29) is 22.6 Å². The molecular formula is C12H17ClN2O4S. The number of nitrogens with zero attached hydrogens (tertiary/aromatic N) is 1. The van der Waals surface area contributed by atoms with Crippen LogP contribution in [0, 0.1) is 0 Å². The summed E-state index contributed by atoms with van der Waals surface area (Å²) in [5.74, 6) is -0.216. The quantitative estimate of drug-likeness (QED) is 0.854. The molecule has 1 aliphatic rings. The fourth-order valence-electron chi connectivity index (χ4n) is 2.27. The van der Waals surface area contributed by atoms with Crippen LogP contribution in [0.1, 0.15) is 30.3 Å². The number of piperidine rings is 1. The zero-order valence-corrected chi connectivity index (χ0v) is 12.7. The van der Waals surface area contributed by atoms with Gasteiger partial charge in [-0.1, -0.05) is 0 Å². The molecule has 1 fully saturated rings. The van der Waals surface area contributed by atoms with E-state index < -0.39 is 9.05 Å². The van der Waals surface area contributed by atoms with E-state index in [2.05, 4.69) is 4.98 Å². The van der Waals surface area contributed by atoms with Crippen LogP contribution in [0.5, 0.6) is 0 Å². The van der Waals surface area contributed by atoms with Crippen LogP contribution >= 0.6 is 10.7 Å². The molecule has 0 saturated carbocycles. The molecule has 1 aliphatic heterocycles. The van der Waals surface area contributed by atoms with Gasteiger partial charge >= 0.3 is 0 Å². The van der Waals surface area contributed by atoms with Gasteiger partial charge in [0.25, 0.3) is 15.0 Å². The molecule has 112 valence electrons. The molecule has 6 nitrogen and oxygen atoms in total. The first-order chi connectivity index (χ1) is 9.41. The molecule has 1 aromatic heterocycles. The van der Waals surface area contributed by atoms with Gasteiger partial charge in [-0.15, -0.1) is 0 Å². The Labute approximate surface area is 122 Å². The molecule has 2 rings (SSSR count). The van der Waals surface area contributed by atoms with Crippen molar-refractivity contribution in [2.75, 3.05) is 19.7 Å². The number of rotatable bonds is 4. The molecule has 0 unspecified atom stereocenters. The van der Waals surface area contributed by atoms with Crippen LogP contribution in [-0.2, 0) is 13.8 Å². The summed E-state index contributed by atoms with van der Waals surface area (Å²) in [5, 5.41) is 0. The number of carbonyl (C=O) groups excluding carboxylic acids is 1. The van der Waals surface area contributed by atoms with Gasteiger partial charge in [0.05, 0.1) is 6.10 Å². The summed E-state index contributed by atoms with van der Waals surface area (Å²) in [6.45, 7) is 3.83. The van der Waals surface area contributed by atoms with E-state index in [1.807, 2.05) is 6.92 Å². The topological polar surface area (TPSA) is 79.5 Å². The number of nitrogens with one attached hydrogen (secondary N) is 1. The smallest absolute Gasteiger partial charge is 0.270 e. The van der Waals surface area contributed by atoms with Crippen molar-refractivity contribution in [3.8, 4) is 0 Å². The Morgan fingerprint density at radius 2 is 2.15 bits per heavy atom. The molecule has 1 amide bonds. The van der Waals surface area contributed by atoms with E-state index in [0.29, 0.717) is 19.7 Å². The third-order valence-electron chi connectivity index (χ3n) is 3.30. The van der Waals surface area contributed by atoms with Crippen molar-refractivity contribution >= 4 is 25.6 Å². The van der Waals surface area contributed by atoms with E-state index in [0.717, 1.165) is 12.8 Å². The number of carbonyl (C=O) groups is 1. The van der Waals surface area contributed by atoms with Gasteiger partial charge < -0.3 is 14.6 Å². The first-order valence-electron chi connectivity index (χ1n) is 6.45. The van der Waals surface area contributed by atoms with E-state index in [1.165, 1.54) is 12.3 Å². The third-order valence-corrected chi connectivity index (χ3v) is 4.63. The largest absolute Gasteiger partial charge is 0.378 e. The maximum absolute atomic E-state index is 12.2. The molecule has 0 aromatic carbocycles. The molecule has 20 heavy (non-hydrogen) atoms. The Hall–Kier alpha value is -1.05. The van der Waals surface area contributed by atoms with Crippen LogP contribution in [0.2, 0.25) is 0 Å². The van der Waals surface area contributed by atoms with Gasteiger partial charge in [-0.3, -0.25) is 4.79 Å². The van der Waals surface area contributed by atoms with Gasteiger partial charge in [0.1, 0.15) is 10.6 Å². The van der Waals surface area contributed by atoms with Gasteiger partial charge in [0.15, 0.2) is 0 Å².